The number of rotatable bonds is 6. The van der Waals surface area contributed by atoms with Crippen molar-refractivity contribution in [1.82, 2.24) is 10.2 Å². The van der Waals surface area contributed by atoms with Crippen LogP contribution in [0.15, 0.2) is 0 Å². The van der Waals surface area contributed by atoms with Crippen LogP contribution in [0.2, 0.25) is 0 Å². The maximum atomic E-state index is 12.2. The Morgan fingerprint density at radius 1 is 1.44 bits per heavy atom. The Kier molecular flexibility index (Phi) is 4.58. The summed E-state index contributed by atoms with van der Waals surface area (Å²) >= 11 is 0. The molecule has 0 aliphatic heterocycles. The molecule has 0 atom stereocenters. The minimum atomic E-state index is -4.29. The first-order valence-corrected chi connectivity index (χ1v) is 5.45. The summed E-state index contributed by atoms with van der Waals surface area (Å²) in [5, 5.41) is 2.86. The minimum Gasteiger partial charge on any atom is -0.331 e. The van der Waals surface area contributed by atoms with Crippen molar-refractivity contribution in [2.45, 2.75) is 37.9 Å². The normalized spacial score (nSPS) is 16.2. The molecule has 16 heavy (non-hydrogen) atoms. The molecule has 1 amide bonds. The highest BCUT2D eigenvalue weighted by molar-refractivity contribution is 5.76. The van der Waals surface area contributed by atoms with Gasteiger partial charge in [-0.15, -0.1) is 0 Å². The fourth-order valence-corrected chi connectivity index (χ4v) is 1.56. The van der Waals surface area contributed by atoms with E-state index in [-0.39, 0.29) is 18.4 Å². The van der Waals surface area contributed by atoms with Gasteiger partial charge in [-0.05, 0) is 32.9 Å². The smallest absolute Gasteiger partial charge is 0.331 e. The number of amides is 1. The number of carbonyl (C=O) groups is 1. The first-order chi connectivity index (χ1) is 7.44. The van der Waals surface area contributed by atoms with Crippen molar-refractivity contribution in [3.05, 3.63) is 0 Å². The van der Waals surface area contributed by atoms with Gasteiger partial charge >= 0.3 is 6.18 Å². The summed E-state index contributed by atoms with van der Waals surface area (Å²) in [6.07, 6.45) is -2.12. The highest BCUT2D eigenvalue weighted by Gasteiger charge is 2.40. The largest absolute Gasteiger partial charge is 0.406 e. The predicted octanol–water partition coefficient (Wildman–Crippen LogP) is 1.54. The van der Waals surface area contributed by atoms with E-state index in [0.29, 0.717) is 25.8 Å². The highest BCUT2D eigenvalue weighted by atomic mass is 19.4. The van der Waals surface area contributed by atoms with Crippen molar-refractivity contribution < 1.29 is 18.0 Å². The van der Waals surface area contributed by atoms with E-state index in [1.165, 1.54) is 0 Å². The third-order valence-electron chi connectivity index (χ3n) is 2.48. The van der Waals surface area contributed by atoms with Crippen LogP contribution in [0.3, 0.4) is 0 Å². The number of hydrogen-bond donors (Lipinski definition) is 1. The van der Waals surface area contributed by atoms with Gasteiger partial charge in [-0.2, -0.15) is 13.2 Å². The zero-order valence-corrected chi connectivity index (χ0v) is 9.31. The Morgan fingerprint density at radius 3 is 2.50 bits per heavy atom. The molecule has 6 heteroatoms. The Hall–Kier alpha value is -0.780. The average molecular weight is 238 g/mol. The van der Waals surface area contributed by atoms with E-state index in [4.69, 9.17) is 0 Å². The first kappa shape index (κ1) is 13.3. The van der Waals surface area contributed by atoms with E-state index in [1.54, 1.807) is 7.05 Å². The molecule has 0 saturated heterocycles. The molecule has 1 aliphatic carbocycles. The minimum absolute atomic E-state index is 0.177. The summed E-state index contributed by atoms with van der Waals surface area (Å²) in [6.45, 7) is -0.452. The average Bonchev–Trinajstić information content (AvgIpc) is 2.96. The van der Waals surface area contributed by atoms with Gasteiger partial charge in [0.15, 0.2) is 0 Å². The summed E-state index contributed by atoms with van der Waals surface area (Å²) in [5.74, 6) is -0.380. The third kappa shape index (κ3) is 4.83. The summed E-state index contributed by atoms with van der Waals surface area (Å²) < 4.78 is 36.7. The van der Waals surface area contributed by atoms with Gasteiger partial charge in [-0.25, -0.2) is 0 Å². The van der Waals surface area contributed by atoms with Gasteiger partial charge in [-0.3, -0.25) is 4.79 Å². The molecule has 0 aromatic heterocycles. The van der Waals surface area contributed by atoms with Crippen molar-refractivity contribution in [3.63, 3.8) is 0 Å². The Bertz CT molecular complexity index is 239. The molecule has 1 aliphatic rings. The molecule has 3 nitrogen and oxygen atoms in total. The first-order valence-electron chi connectivity index (χ1n) is 5.45. The monoisotopic (exact) mass is 238 g/mol. The lowest BCUT2D eigenvalue weighted by Crippen LogP contribution is -2.40. The molecule has 1 N–H and O–H groups in total. The molecule has 0 aromatic rings. The zero-order valence-electron chi connectivity index (χ0n) is 9.31. The molecule has 0 aromatic carbocycles. The second-order valence-corrected chi connectivity index (χ2v) is 4.08. The summed E-state index contributed by atoms with van der Waals surface area (Å²) in [5.41, 5.74) is 0. The van der Waals surface area contributed by atoms with Crippen LogP contribution in [0.4, 0.5) is 13.2 Å². The van der Waals surface area contributed by atoms with Gasteiger partial charge in [-0.1, -0.05) is 0 Å². The van der Waals surface area contributed by atoms with Crippen LogP contribution in [0.25, 0.3) is 0 Å². The van der Waals surface area contributed by atoms with E-state index in [2.05, 4.69) is 5.32 Å². The van der Waals surface area contributed by atoms with Crippen LogP contribution < -0.4 is 5.32 Å². The molecular formula is C10H17F3N2O. The van der Waals surface area contributed by atoms with Gasteiger partial charge in [0.25, 0.3) is 0 Å². The molecule has 0 bridgehead atoms. The van der Waals surface area contributed by atoms with Gasteiger partial charge < -0.3 is 10.2 Å². The molecule has 1 rings (SSSR count). The van der Waals surface area contributed by atoms with Crippen molar-refractivity contribution in [2.75, 3.05) is 20.1 Å². The lowest BCUT2D eigenvalue weighted by atomic mass is 10.2. The maximum Gasteiger partial charge on any atom is 0.406 e. The molecule has 0 heterocycles. The lowest BCUT2D eigenvalue weighted by molar-refractivity contribution is -0.162. The van der Waals surface area contributed by atoms with Gasteiger partial charge in [0.1, 0.15) is 6.54 Å². The second kappa shape index (κ2) is 5.52. The van der Waals surface area contributed by atoms with E-state index in [1.807, 2.05) is 0 Å². The number of nitrogens with one attached hydrogen (secondary N) is 1. The van der Waals surface area contributed by atoms with Crippen molar-refractivity contribution >= 4 is 5.91 Å². The number of hydrogen-bond acceptors (Lipinski definition) is 2. The molecule has 0 spiro atoms. The summed E-state index contributed by atoms with van der Waals surface area (Å²) in [4.78, 5) is 12.6. The van der Waals surface area contributed by atoms with Gasteiger partial charge in [0.2, 0.25) is 5.91 Å². The SMILES string of the molecule is CNCCCC(=O)N(CC(F)(F)F)C1CC1. The molecule has 94 valence electrons. The quantitative estimate of drug-likeness (QED) is 0.712. The topological polar surface area (TPSA) is 32.3 Å². The van der Waals surface area contributed by atoms with Gasteiger partial charge in [0.05, 0.1) is 0 Å². The van der Waals surface area contributed by atoms with Crippen molar-refractivity contribution in [3.8, 4) is 0 Å². The Morgan fingerprint density at radius 2 is 2.06 bits per heavy atom. The number of nitrogens with zero attached hydrogens (tertiary/aromatic N) is 1. The van der Waals surface area contributed by atoms with Gasteiger partial charge in [0, 0.05) is 12.5 Å². The summed E-state index contributed by atoms with van der Waals surface area (Å²) in [7, 11) is 1.75. The highest BCUT2D eigenvalue weighted by Crippen LogP contribution is 2.30. The summed E-state index contributed by atoms with van der Waals surface area (Å²) in [6, 6.07) is -0.177. The Balaban J connectivity index is 2.40. The zero-order chi connectivity index (χ0) is 12.2. The van der Waals surface area contributed by atoms with E-state index >= 15 is 0 Å². The molecule has 0 radical (unpaired) electrons. The third-order valence-corrected chi connectivity index (χ3v) is 2.48. The standard InChI is InChI=1S/C10H17F3N2O/c1-14-6-2-3-9(16)15(8-4-5-8)7-10(11,12)13/h8,14H,2-7H2,1H3. The maximum absolute atomic E-state index is 12.2. The Labute approximate surface area is 93.0 Å². The van der Waals surface area contributed by atoms with Crippen molar-refractivity contribution in [1.29, 1.82) is 0 Å². The van der Waals surface area contributed by atoms with Crippen molar-refractivity contribution in [2.24, 2.45) is 0 Å². The van der Waals surface area contributed by atoms with Crippen LogP contribution in [0, 0.1) is 0 Å². The van der Waals surface area contributed by atoms with Crippen LogP contribution >= 0.6 is 0 Å². The van der Waals surface area contributed by atoms with Crippen LogP contribution in [0.5, 0.6) is 0 Å². The number of carbonyl (C=O) groups excluding carboxylic acids is 1. The fraction of sp³-hybridized carbons (Fsp3) is 0.900. The lowest BCUT2D eigenvalue weighted by Gasteiger charge is -2.23. The predicted molar refractivity (Wildman–Crippen MR) is 54.0 cm³/mol. The molecule has 1 fully saturated rings. The second-order valence-electron chi connectivity index (χ2n) is 4.08. The van der Waals surface area contributed by atoms with E-state index < -0.39 is 12.7 Å². The number of halogens is 3. The molecular weight excluding hydrogens is 221 g/mol. The fourth-order valence-electron chi connectivity index (χ4n) is 1.56. The van der Waals surface area contributed by atoms with Crippen LogP contribution in [-0.2, 0) is 4.79 Å². The van der Waals surface area contributed by atoms with E-state index in [0.717, 1.165) is 4.90 Å². The van der Waals surface area contributed by atoms with Crippen LogP contribution in [-0.4, -0.2) is 43.2 Å². The molecule has 0 unspecified atom stereocenters. The van der Waals surface area contributed by atoms with Crippen LogP contribution in [0.1, 0.15) is 25.7 Å². The van der Waals surface area contributed by atoms with E-state index in [9.17, 15) is 18.0 Å². The molecule has 1 saturated carbocycles. The number of alkyl halides is 3.